The molecule has 0 spiro atoms. The maximum atomic E-state index is 12.8. The number of hydrogen-bond acceptors (Lipinski definition) is 3. The van der Waals surface area contributed by atoms with Crippen molar-refractivity contribution in [2.45, 2.75) is 45.1 Å². The fraction of sp³-hybridized carbons (Fsp3) is 0.526. The highest BCUT2D eigenvalue weighted by Gasteiger charge is 2.33. The maximum absolute atomic E-state index is 12.8. The van der Waals surface area contributed by atoms with Crippen molar-refractivity contribution in [2.24, 2.45) is 5.92 Å². The van der Waals surface area contributed by atoms with Crippen LogP contribution in [0.25, 0.3) is 5.65 Å². The smallest absolute Gasteiger partial charge is 0.274 e. The molecule has 1 N–H and O–H groups in total. The molecule has 6 heteroatoms. The summed E-state index contributed by atoms with van der Waals surface area (Å²) in [7, 11) is 0. The molecule has 1 unspecified atom stereocenters. The first-order valence-corrected chi connectivity index (χ1v) is 9.16. The molecule has 2 aromatic heterocycles. The van der Waals surface area contributed by atoms with Crippen LogP contribution in [0.3, 0.4) is 0 Å². The molecule has 2 aromatic rings. The van der Waals surface area contributed by atoms with E-state index in [9.17, 15) is 9.59 Å². The summed E-state index contributed by atoms with van der Waals surface area (Å²) in [6, 6.07) is 4.26. The molecule has 3 heterocycles. The Morgan fingerprint density at radius 1 is 1.24 bits per heavy atom. The van der Waals surface area contributed by atoms with E-state index < -0.39 is 0 Å². The zero-order valence-electron chi connectivity index (χ0n) is 14.6. The number of nitrogens with zero attached hydrogens (tertiary/aromatic N) is 3. The Hall–Kier alpha value is -2.37. The first kappa shape index (κ1) is 16.1. The van der Waals surface area contributed by atoms with Crippen molar-refractivity contribution in [2.75, 3.05) is 13.1 Å². The molecular formula is C19H24N4O2. The number of imidazole rings is 1. The first-order valence-electron chi connectivity index (χ1n) is 9.16. The monoisotopic (exact) mass is 340 g/mol. The van der Waals surface area contributed by atoms with E-state index in [1.165, 1.54) is 12.8 Å². The highest BCUT2D eigenvalue weighted by atomic mass is 16.2. The van der Waals surface area contributed by atoms with Gasteiger partial charge in [0.2, 0.25) is 5.91 Å². The van der Waals surface area contributed by atoms with Gasteiger partial charge in [-0.1, -0.05) is 18.9 Å². The van der Waals surface area contributed by atoms with Crippen LogP contribution in [0.5, 0.6) is 0 Å². The van der Waals surface area contributed by atoms with Crippen LogP contribution in [0.15, 0.2) is 24.5 Å². The molecule has 1 saturated carbocycles. The number of nitrogens with one attached hydrogen (secondary N) is 1. The van der Waals surface area contributed by atoms with Gasteiger partial charge in [-0.3, -0.25) is 9.59 Å². The number of fused-ring (bicyclic) bond motifs is 1. The second-order valence-corrected chi connectivity index (χ2v) is 7.27. The van der Waals surface area contributed by atoms with Gasteiger partial charge < -0.3 is 14.6 Å². The average Bonchev–Trinajstić information content (AvgIpc) is 3.34. The lowest BCUT2D eigenvalue weighted by Gasteiger charge is -2.17. The van der Waals surface area contributed by atoms with Gasteiger partial charge in [-0.2, -0.15) is 0 Å². The molecule has 25 heavy (non-hydrogen) atoms. The first-order chi connectivity index (χ1) is 12.1. The van der Waals surface area contributed by atoms with Gasteiger partial charge in [0.15, 0.2) is 0 Å². The molecule has 2 aliphatic rings. The number of rotatable bonds is 3. The van der Waals surface area contributed by atoms with Gasteiger partial charge in [0.25, 0.3) is 5.91 Å². The van der Waals surface area contributed by atoms with Crippen molar-refractivity contribution in [1.82, 2.24) is 19.6 Å². The number of hydrogen-bond donors (Lipinski definition) is 1. The summed E-state index contributed by atoms with van der Waals surface area (Å²) in [4.78, 5) is 31.4. The molecule has 2 amide bonds. The van der Waals surface area contributed by atoms with Crippen molar-refractivity contribution in [3.8, 4) is 0 Å². The third-order valence-electron chi connectivity index (χ3n) is 5.44. The summed E-state index contributed by atoms with van der Waals surface area (Å²) in [5.41, 5.74) is 2.29. The van der Waals surface area contributed by atoms with Gasteiger partial charge in [-0.15, -0.1) is 0 Å². The van der Waals surface area contributed by atoms with E-state index in [0.29, 0.717) is 24.8 Å². The summed E-state index contributed by atoms with van der Waals surface area (Å²) < 4.78 is 1.88. The van der Waals surface area contributed by atoms with Crippen LogP contribution in [0.1, 0.15) is 48.2 Å². The lowest BCUT2D eigenvalue weighted by atomic mass is 10.1. The molecule has 0 radical (unpaired) electrons. The lowest BCUT2D eigenvalue weighted by molar-refractivity contribution is -0.125. The van der Waals surface area contributed by atoms with Crippen LogP contribution in [-0.4, -0.2) is 45.2 Å². The fourth-order valence-corrected chi connectivity index (χ4v) is 3.97. The summed E-state index contributed by atoms with van der Waals surface area (Å²) in [5.74, 6) is -0.0735. The second kappa shape index (κ2) is 6.50. The average molecular weight is 340 g/mol. The predicted octanol–water partition coefficient (Wildman–Crippen LogP) is 2.16. The number of carbonyl (C=O) groups is 2. The van der Waals surface area contributed by atoms with Gasteiger partial charge in [-0.05, 0) is 37.8 Å². The predicted molar refractivity (Wildman–Crippen MR) is 94.3 cm³/mol. The molecule has 1 aliphatic carbocycles. The number of carbonyl (C=O) groups excluding carboxylic acids is 2. The van der Waals surface area contributed by atoms with Crippen LogP contribution in [-0.2, 0) is 4.79 Å². The number of aromatic nitrogens is 2. The summed E-state index contributed by atoms with van der Waals surface area (Å²) in [6.07, 6.45) is 8.98. The van der Waals surface area contributed by atoms with Crippen LogP contribution < -0.4 is 5.32 Å². The molecule has 2 fully saturated rings. The maximum Gasteiger partial charge on any atom is 0.274 e. The Labute approximate surface area is 147 Å². The van der Waals surface area contributed by atoms with Gasteiger partial charge in [0.1, 0.15) is 11.3 Å². The number of aryl methyl sites for hydroxylation is 1. The third-order valence-corrected chi connectivity index (χ3v) is 5.44. The fourth-order valence-electron chi connectivity index (χ4n) is 3.97. The van der Waals surface area contributed by atoms with Crippen LogP contribution >= 0.6 is 0 Å². The Balaban J connectivity index is 1.42. The molecule has 6 nitrogen and oxygen atoms in total. The van der Waals surface area contributed by atoms with Crippen molar-refractivity contribution in [3.63, 3.8) is 0 Å². The number of amides is 2. The molecule has 0 aromatic carbocycles. The Bertz CT molecular complexity index is 807. The van der Waals surface area contributed by atoms with E-state index >= 15 is 0 Å². The van der Waals surface area contributed by atoms with Crippen molar-refractivity contribution >= 4 is 17.5 Å². The highest BCUT2D eigenvalue weighted by molar-refractivity contribution is 5.94. The molecule has 1 atom stereocenters. The second-order valence-electron chi connectivity index (χ2n) is 7.27. The van der Waals surface area contributed by atoms with E-state index in [2.05, 4.69) is 10.3 Å². The van der Waals surface area contributed by atoms with E-state index in [-0.39, 0.29) is 17.7 Å². The topological polar surface area (TPSA) is 66.7 Å². The van der Waals surface area contributed by atoms with E-state index in [4.69, 9.17) is 0 Å². The van der Waals surface area contributed by atoms with Crippen LogP contribution in [0.4, 0.5) is 0 Å². The third kappa shape index (κ3) is 3.13. The molecule has 0 bridgehead atoms. The summed E-state index contributed by atoms with van der Waals surface area (Å²) in [6.45, 7) is 3.09. The molecule has 1 saturated heterocycles. The lowest BCUT2D eigenvalue weighted by Crippen LogP contribution is -2.39. The zero-order chi connectivity index (χ0) is 17.4. The van der Waals surface area contributed by atoms with E-state index in [1.54, 1.807) is 11.1 Å². The minimum atomic E-state index is -0.0942. The Morgan fingerprint density at radius 2 is 2.04 bits per heavy atom. The highest BCUT2D eigenvalue weighted by Crippen LogP contribution is 2.22. The van der Waals surface area contributed by atoms with Crippen LogP contribution in [0.2, 0.25) is 0 Å². The largest absolute Gasteiger partial charge is 0.353 e. The molecular weight excluding hydrogens is 316 g/mol. The van der Waals surface area contributed by atoms with Gasteiger partial charge in [0.05, 0.1) is 5.92 Å². The molecule has 132 valence electrons. The quantitative estimate of drug-likeness (QED) is 0.931. The summed E-state index contributed by atoms with van der Waals surface area (Å²) >= 11 is 0. The minimum absolute atomic E-state index is 0.0840. The molecule has 1 aliphatic heterocycles. The Kier molecular flexibility index (Phi) is 4.19. The van der Waals surface area contributed by atoms with E-state index in [0.717, 1.165) is 30.5 Å². The standard InChI is InChI=1S/C19H24N4O2/c1-13-5-4-9-22-12-16(21-17(13)22)19(25)23-10-8-14(11-23)18(24)20-15-6-2-3-7-15/h4-5,9,12,14-15H,2-3,6-8,10-11H2,1H3,(H,20,24). The van der Waals surface area contributed by atoms with Crippen LogP contribution in [0, 0.1) is 12.8 Å². The zero-order valence-corrected chi connectivity index (χ0v) is 14.6. The van der Waals surface area contributed by atoms with Gasteiger partial charge >= 0.3 is 0 Å². The van der Waals surface area contributed by atoms with Gasteiger partial charge in [0, 0.05) is 31.5 Å². The number of pyridine rings is 1. The van der Waals surface area contributed by atoms with Gasteiger partial charge in [-0.25, -0.2) is 4.98 Å². The molecule has 4 rings (SSSR count). The normalized spacial score (nSPS) is 21.2. The summed E-state index contributed by atoms with van der Waals surface area (Å²) in [5, 5.41) is 3.15. The minimum Gasteiger partial charge on any atom is -0.353 e. The van der Waals surface area contributed by atoms with E-state index in [1.807, 2.05) is 29.7 Å². The SMILES string of the molecule is Cc1cccn2cc(C(=O)N3CCC(C(=O)NC4CCCC4)C3)nc12. The van der Waals surface area contributed by atoms with Crippen molar-refractivity contribution in [3.05, 3.63) is 35.8 Å². The van der Waals surface area contributed by atoms with Crippen molar-refractivity contribution < 1.29 is 9.59 Å². The Morgan fingerprint density at radius 3 is 2.80 bits per heavy atom. The van der Waals surface area contributed by atoms with Crippen molar-refractivity contribution in [1.29, 1.82) is 0 Å². The number of likely N-dealkylation sites (tertiary alicyclic amines) is 1.